The predicted molar refractivity (Wildman–Crippen MR) is 92.1 cm³/mol. The van der Waals surface area contributed by atoms with Crippen LogP contribution in [0.25, 0.3) is 0 Å². The molecule has 8 heteroatoms. The summed E-state index contributed by atoms with van der Waals surface area (Å²) < 4.78 is 10.8. The lowest BCUT2D eigenvalue weighted by atomic mass is 10.1. The van der Waals surface area contributed by atoms with E-state index in [4.69, 9.17) is 9.47 Å². The minimum atomic E-state index is -0.477. The van der Waals surface area contributed by atoms with Gasteiger partial charge >= 0.3 is 0 Å². The molecule has 0 bridgehead atoms. The van der Waals surface area contributed by atoms with E-state index in [1.807, 2.05) is 0 Å². The zero-order valence-corrected chi connectivity index (χ0v) is 14.1. The third-order valence-corrected chi connectivity index (χ3v) is 4.51. The minimum absolute atomic E-state index is 0.0804. The van der Waals surface area contributed by atoms with Gasteiger partial charge in [0.25, 0.3) is 11.6 Å². The number of carbonyl (C=O) groups excluding carboxylic acids is 1. The lowest BCUT2D eigenvalue weighted by Crippen LogP contribution is -2.40. The van der Waals surface area contributed by atoms with E-state index in [1.165, 1.54) is 18.6 Å². The number of ether oxygens (including phenoxy) is 2. The summed E-state index contributed by atoms with van der Waals surface area (Å²) in [7, 11) is 0. The molecule has 1 N–H and O–H groups in total. The number of piperidine rings is 1. The standard InChI is InChI=1S/C17H23N3O5/c21-17(18-11-14-12-24-8-9-25-14)15-10-13(20(22)23)4-5-16(15)19-6-2-1-3-7-19/h4-5,10,14H,1-3,6-9,11-12H2,(H,18,21)/t14-/m0/s1. The third kappa shape index (κ3) is 4.46. The molecule has 2 aliphatic rings. The number of nitrogens with one attached hydrogen (secondary N) is 1. The molecule has 2 heterocycles. The largest absolute Gasteiger partial charge is 0.376 e. The maximum atomic E-state index is 12.7. The highest BCUT2D eigenvalue weighted by atomic mass is 16.6. The number of benzene rings is 1. The quantitative estimate of drug-likeness (QED) is 0.643. The van der Waals surface area contributed by atoms with Gasteiger partial charge in [-0.25, -0.2) is 0 Å². The number of rotatable bonds is 5. The van der Waals surface area contributed by atoms with Crippen LogP contribution >= 0.6 is 0 Å². The fraction of sp³-hybridized carbons (Fsp3) is 0.588. The second-order valence-electron chi connectivity index (χ2n) is 6.28. The first-order valence-corrected chi connectivity index (χ1v) is 8.66. The van der Waals surface area contributed by atoms with E-state index in [-0.39, 0.29) is 17.7 Å². The average molecular weight is 349 g/mol. The van der Waals surface area contributed by atoms with Crippen LogP contribution < -0.4 is 10.2 Å². The Balaban J connectivity index is 1.76. The first kappa shape index (κ1) is 17.6. The van der Waals surface area contributed by atoms with Crippen LogP contribution in [0.1, 0.15) is 29.6 Å². The lowest BCUT2D eigenvalue weighted by Gasteiger charge is -2.30. The number of nitro benzene ring substituents is 1. The fourth-order valence-electron chi connectivity index (χ4n) is 3.19. The second-order valence-corrected chi connectivity index (χ2v) is 6.28. The molecule has 1 aromatic rings. The Bertz CT molecular complexity index is 625. The molecule has 1 atom stereocenters. The number of non-ortho nitro benzene ring substituents is 1. The molecule has 25 heavy (non-hydrogen) atoms. The predicted octanol–water partition coefficient (Wildman–Crippen LogP) is 1.73. The van der Waals surface area contributed by atoms with E-state index in [0.29, 0.717) is 31.9 Å². The van der Waals surface area contributed by atoms with Gasteiger partial charge in [-0.1, -0.05) is 0 Å². The van der Waals surface area contributed by atoms with Gasteiger partial charge in [-0.3, -0.25) is 14.9 Å². The Morgan fingerprint density at radius 2 is 2.08 bits per heavy atom. The first-order chi connectivity index (χ1) is 12.1. The summed E-state index contributed by atoms with van der Waals surface area (Å²) in [4.78, 5) is 25.4. The van der Waals surface area contributed by atoms with Gasteiger partial charge in [0, 0.05) is 31.8 Å². The maximum absolute atomic E-state index is 12.7. The summed E-state index contributed by atoms with van der Waals surface area (Å²) in [6, 6.07) is 4.49. The molecule has 3 rings (SSSR count). The van der Waals surface area contributed by atoms with Crippen LogP contribution in [-0.2, 0) is 9.47 Å². The molecule has 2 aliphatic heterocycles. The fourth-order valence-corrected chi connectivity index (χ4v) is 3.19. The van der Waals surface area contributed by atoms with Crippen LogP contribution in [0.2, 0.25) is 0 Å². The molecule has 8 nitrogen and oxygen atoms in total. The summed E-state index contributed by atoms with van der Waals surface area (Å²) in [6.45, 7) is 3.55. The topological polar surface area (TPSA) is 93.9 Å². The highest BCUT2D eigenvalue weighted by molar-refractivity contribution is 6.00. The van der Waals surface area contributed by atoms with Gasteiger partial charge in [-0.05, 0) is 25.3 Å². The van der Waals surface area contributed by atoms with Crippen LogP contribution in [0.3, 0.4) is 0 Å². The minimum Gasteiger partial charge on any atom is -0.376 e. The lowest BCUT2D eigenvalue weighted by molar-refractivity contribution is -0.384. The molecule has 2 saturated heterocycles. The molecule has 0 radical (unpaired) electrons. The number of nitro groups is 1. The summed E-state index contributed by atoms with van der Waals surface area (Å²) in [5.74, 6) is -0.321. The van der Waals surface area contributed by atoms with Gasteiger partial charge in [-0.15, -0.1) is 0 Å². The number of anilines is 1. The molecule has 0 aromatic heterocycles. The molecule has 2 fully saturated rings. The number of nitrogens with zero attached hydrogens (tertiary/aromatic N) is 2. The highest BCUT2D eigenvalue weighted by Gasteiger charge is 2.23. The van der Waals surface area contributed by atoms with Crippen molar-refractivity contribution < 1.29 is 19.2 Å². The molecule has 0 aliphatic carbocycles. The smallest absolute Gasteiger partial charge is 0.270 e. The van der Waals surface area contributed by atoms with E-state index < -0.39 is 4.92 Å². The zero-order valence-electron chi connectivity index (χ0n) is 14.1. The van der Waals surface area contributed by atoms with Crippen molar-refractivity contribution in [3.63, 3.8) is 0 Å². The number of hydrogen-bond acceptors (Lipinski definition) is 6. The van der Waals surface area contributed by atoms with E-state index in [9.17, 15) is 14.9 Å². The average Bonchev–Trinajstić information content (AvgIpc) is 2.67. The van der Waals surface area contributed by atoms with Crippen molar-refractivity contribution in [2.75, 3.05) is 44.4 Å². The van der Waals surface area contributed by atoms with Crippen LogP contribution in [0.15, 0.2) is 18.2 Å². The third-order valence-electron chi connectivity index (χ3n) is 4.51. The van der Waals surface area contributed by atoms with Gasteiger partial charge in [0.15, 0.2) is 0 Å². The van der Waals surface area contributed by atoms with E-state index in [0.717, 1.165) is 31.6 Å². The first-order valence-electron chi connectivity index (χ1n) is 8.66. The van der Waals surface area contributed by atoms with Crippen LogP contribution in [0.5, 0.6) is 0 Å². The van der Waals surface area contributed by atoms with Crippen molar-refractivity contribution >= 4 is 17.3 Å². The number of carbonyl (C=O) groups is 1. The Morgan fingerprint density at radius 3 is 2.76 bits per heavy atom. The van der Waals surface area contributed by atoms with Gasteiger partial charge in [0.05, 0.1) is 42.1 Å². The van der Waals surface area contributed by atoms with Crippen LogP contribution in [0, 0.1) is 10.1 Å². The van der Waals surface area contributed by atoms with E-state index in [1.54, 1.807) is 6.07 Å². The van der Waals surface area contributed by atoms with Gasteiger partial charge < -0.3 is 19.7 Å². The SMILES string of the molecule is O=C(NC[C@H]1COCCO1)c1cc([N+](=O)[O-])ccc1N1CCCCC1. The van der Waals surface area contributed by atoms with Gasteiger partial charge in [0.1, 0.15) is 0 Å². The Morgan fingerprint density at radius 1 is 1.28 bits per heavy atom. The molecular formula is C17H23N3O5. The van der Waals surface area contributed by atoms with Crippen LogP contribution in [-0.4, -0.2) is 56.4 Å². The Kier molecular flexibility index (Phi) is 5.83. The van der Waals surface area contributed by atoms with Gasteiger partial charge in [-0.2, -0.15) is 0 Å². The summed E-state index contributed by atoms with van der Waals surface area (Å²) >= 11 is 0. The molecule has 136 valence electrons. The van der Waals surface area contributed by atoms with Crippen molar-refractivity contribution in [3.05, 3.63) is 33.9 Å². The summed E-state index contributed by atoms with van der Waals surface area (Å²) in [6.07, 6.45) is 3.11. The zero-order chi connectivity index (χ0) is 17.6. The molecule has 1 aromatic carbocycles. The monoisotopic (exact) mass is 349 g/mol. The summed E-state index contributed by atoms with van der Waals surface area (Å²) in [5, 5.41) is 13.9. The second kappa shape index (κ2) is 8.26. The molecule has 0 saturated carbocycles. The summed E-state index contributed by atoms with van der Waals surface area (Å²) in [5.41, 5.74) is 1.01. The van der Waals surface area contributed by atoms with E-state index >= 15 is 0 Å². The number of amides is 1. The van der Waals surface area contributed by atoms with Crippen molar-refractivity contribution in [1.82, 2.24) is 5.32 Å². The van der Waals surface area contributed by atoms with Crippen LogP contribution in [0.4, 0.5) is 11.4 Å². The van der Waals surface area contributed by atoms with Gasteiger partial charge in [0.2, 0.25) is 0 Å². The maximum Gasteiger partial charge on any atom is 0.270 e. The van der Waals surface area contributed by atoms with E-state index in [2.05, 4.69) is 10.2 Å². The Hall–Kier alpha value is -2.19. The molecule has 0 unspecified atom stereocenters. The van der Waals surface area contributed by atoms with Crippen molar-refractivity contribution in [2.24, 2.45) is 0 Å². The number of hydrogen-bond donors (Lipinski definition) is 1. The highest BCUT2D eigenvalue weighted by Crippen LogP contribution is 2.28. The molecule has 0 spiro atoms. The molecular weight excluding hydrogens is 326 g/mol. The van der Waals surface area contributed by atoms with Crippen molar-refractivity contribution in [3.8, 4) is 0 Å². The Labute approximate surface area is 146 Å². The molecule has 1 amide bonds. The van der Waals surface area contributed by atoms with Crippen molar-refractivity contribution in [2.45, 2.75) is 25.4 Å². The van der Waals surface area contributed by atoms with Crippen molar-refractivity contribution in [1.29, 1.82) is 0 Å². The normalized spacial score (nSPS) is 21.0.